The zero-order chi connectivity index (χ0) is 14.0. The highest BCUT2D eigenvalue weighted by Gasteiger charge is 2.55. The summed E-state index contributed by atoms with van der Waals surface area (Å²) in [6.07, 6.45) is 16.9. The molecule has 1 nitrogen and oxygen atoms in total. The van der Waals surface area contributed by atoms with Crippen molar-refractivity contribution >= 4 is 0 Å². The number of allylic oxidation sites excluding steroid dienone is 4. The molecule has 0 bridgehead atoms. The minimum absolute atomic E-state index is 0. The van der Waals surface area contributed by atoms with E-state index in [0.717, 1.165) is 17.8 Å². The third-order valence-corrected chi connectivity index (χ3v) is 7.66. The Morgan fingerprint density at radius 1 is 1.00 bits per heavy atom. The molecule has 4 rings (SSSR count). The van der Waals surface area contributed by atoms with Crippen LogP contribution in [0.3, 0.4) is 0 Å². The number of fused-ring (bicyclic) bond motifs is 5. The minimum Gasteiger partial charge on any atom is -0.412 e. The third-order valence-electron chi connectivity index (χ3n) is 7.66. The summed E-state index contributed by atoms with van der Waals surface area (Å²) in [6.45, 7) is 7.59. The summed E-state index contributed by atoms with van der Waals surface area (Å²) in [5.74, 6) is 2.81. The van der Waals surface area contributed by atoms with Crippen LogP contribution in [0.1, 0.15) is 72.1 Å². The van der Waals surface area contributed by atoms with Crippen molar-refractivity contribution in [2.45, 2.75) is 72.1 Å². The highest BCUT2D eigenvalue weighted by atomic mass is 16.0. The van der Waals surface area contributed by atoms with Crippen molar-refractivity contribution in [3.8, 4) is 0 Å². The van der Waals surface area contributed by atoms with Gasteiger partial charge in [0.05, 0.1) is 0 Å². The average molecular weight is 288 g/mol. The molecule has 0 amide bonds. The minimum atomic E-state index is 0. The normalized spacial score (nSPS) is 48.2. The molecule has 0 radical (unpaired) electrons. The summed E-state index contributed by atoms with van der Waals surface area (Å²) in [5, 5.41) is 0. The Bertz CT molecular complexity index is 488. The van der Waals surface area contributed by atoms with Crippen LogP contribution in [0.15, 0.2) is 23.3 Å². The highest BCUT2D eigenvalue weighted by molar-refractivity contribution is 5.41. The predicted octanol–water partition coefficient (Wildman–Crippen LogP) is 5.07. The molecular weight excluding hydrogens is 256 g/mol. The summed E-state index contributed by atoms with van der Waals surface area (Å²) in [7, 11) is 0. The topological polar surface area (TPSA) is 31.5 Å². The van der Waals surface area contributed by atoms with Crippen LogP contribution in [0.25, 0.3) is 0 Å². The second-order valence-corrected chi connectivity index (χ2v) is 8.65. The fourth-order valence-electron chi connectivity index (χ4n) is 6.62. The SMILES string of the molecule is CC1=CC2C3CCC[C@@]3(C)CC[C@@H]2[C@@]2(C)CCCC=C12.O. The smallest absolute Gasteiger partial charge is 0.00419 e. The van der Waals surface area contributed by atoms with E-state index < -0.39 is 0 Å². The van der Waals surface area contributed by atoms with Crippen LogP contribution in [0.4, 0.5) is 0 Å². The molecule has 4 aliphatic carbocycles. The van der Waals surface area contributed by atoms with E-state index in [0.29, 0.717) is 10.8 Å². The molecular formula is C20H32O. The molecule has 4 aliphatic rings. The Kier molecular flexibility index (Phi) is 3.64. The van der Waals surface area contributed by atoms with Crippen molar-refractivity contribution in [1.29, 1.82) is 0 Å². The highest BCUT2D eigenvalue weighted by Crippen LogP contribution is 2.64. The van der Waals surface area contributed by atoms with Gasteiger partial charge in [0.1, 0.15) is 0 Å². The Morgan fingerprint density at radius 3 is 2.62 bits per heavy atom. The molecule has 2 saturated carbocycles. The van der Waals surface area contributed by atoms with E-state index in [4.69, 9.17) is 0 Å². The molecule has 0 aromatic carbocycles. The molecule has 118 valence electrons. The molecule has 0 aromatic heterocycles. The molecule has 0 aliphatic heterocycles. The quantitative estimate of drug-likeness (QED) is 0.596. The van der Waals surface area contributed by atoms with Gasteiger partial charge >= 0.3 is 0 Å². The van der Waals surface area contributed by atoms with Crippen LogP contribution in [0, 0.1) is 28.6 Å². The zero-order valence-corrected chi connectivity index (χ0v) is 14.0. The summed E-state index contributed by atoms with van der Waals surface area (Å²) in [5.41, 5.74) is 4.53. The zero-order valence-electron chi connectivity index (χ0n) is 14.0. The molecule has 1 heteroatoms. The van der Waals surface area contributed by atoms with Gasteiger partial charge in [-0.05, 0) is 86.0 Å². The maximum Gasteiger partial charge on any atom is -0.00419 e. The van der Waals surface area contributed by atoms with Gasteiger partial charge in [-0.25, -0.2) is 0 Å². The fraction of sp³-hybridized carbons (Fsp3) is 0.800. The van der Waals surface area contributed by atoms with E-state index in [2.05, 4.69) is 32.9 Å². The Balaban J connectivity index is 0.00000132. The second-order valence-electron chi connectivity index (χ2n) is 8.65. The second kappa shape index (κ2) is 4.98. The van der Waals surface area contributed by atoms with Gasteiger partial charge in [0, 0.05) is 0 Å². The fourth-order valence-corrected chi connectivity index (χ4v) is 6.62. The predicted molar refractivity (Wildman–Crippen MR) is 89.1 cm³/mol. The van der Waals surface area contributed by atoms with Gasteiger partial charge in [0.2, 0.25) is 0 Å². The van der Waals surface area contributed by atoms with Crippen molar-refractivity contribution in [1.82, 2.24) is 0 Å². The molecule has 2 unspecified atom stereocenters. The number of hydrogen-bond donors (Lipinski definition) is 0. The third kappa shape index (κ3) is 2.00. The Morgan fingerprint density at radius 2 is 1.81 bits per heavy atom. The lowest BCUT2D eigenvalue weighted by atomic mass is 9.48. The first-order valence-electron chi connectivity index (χ1n) is 8.94. The molecule has 0 saturated heterocycles. The van der Waals surface area contributed by atoms with Crippen molar-refractivity contribution in [3.63, 3.8) is 0 Å². The molecule has 2 fully saturated rings. The first-order valence-corrected chi connectivity index (χ1v) is 8.94. The maximum atomic E-state index is 2.71. The van der Waals surface area contributed by atoms with Crippen LogP contribution < -0.4 is 0 Å². The lowest BCUT2D eigenvalue weighted by Crippen LogP contribution is -2.47. The standard InChI is InChI=1S/C20H30.H2O/c1-14-13-15-17-8-6-10-19(17,2)12-9-18(15)20(3)11-5-4-7-16(14)20;/h7,13,15,17-18H,4-6,8-12H2,1-3H3;1H2/t15?,17?,18-,19-,20-;/m0./s1. The van der Waals surface area contributed by atoms with Gasteiger partial charge in [0.25, 0.3) is 0 Å². The van der Waals surface area contributed by atoms with E-state index >= 15 is 0 Å². The summed E-state index contributed by atoms with van der Waals surface area (Å²) in [4.78, 5) is 0. The summed E-state index contributed by atoms with van der Waals surface area (Å²) >= 11 is 0. The van der Waals surface area contributed by atoms with Crippen molar-refractivity contribution < 1.29 is 5.48 Å². The Hall–Kier alpha value is -0.560. The molecule has 2 N–H and O–H groups in total. The maximum absolute atomic E-state index is 2.71. The lowest BCUT2D eigenvalue weighted by molar-refractivity contribution is 0.00347. The van der Waals surface area contributed by atoms with Crippen molar-refractivity contribution in [3.05, 3.63) is 23.3 Å². The van der Waals surface area contributed by atoms with Crippen molar-refractivity contribution in [2.24, 2.45) is 28.6 Å². The monoisotopic (exact) mass is 288 g/mol. The van der Waals surface area contributed by atoms with Gasteiger partial charge in [-0.15, -0.1) is 0 Å². The largest absolute Gasteiger partial charge is 0.412 e. The van der Waals surface area contributed by atoms with E-state index in [1.165, 1.54) is 51.4 Å². The van der Waals surface area contributed by atoms with Crippen LogP contribution in [-0.4, -0.2) is 5.48 Å². The van der Waals surface area contributed by atoms with Crippen LogP contribution >= 0.6 is 0 Å². The van der Waals surface area contributed by atoms with E-state index in [9.17, 15) is 0 Å². The average Bonchev–Trinajstić information content (AvgIpc) is 2.81. The molecule has 5 atom stereocenters. The Labute approximate surface area is 130 Å². The molecule has 0 heterocycles. The molecule has 21 heavy (non-hydrogen) atoms. The van der Waals surface area contributed by atoms with Crippen LogP contribution in [0.2, 0.25) is 0 Å². The first-order chi connectivity index (χ1) is 9.55. The van der Waals surface area contributed by atoms with E-state index in [-0.39, 0.29) is 5.48 Å². The molecule has 0 spiro atoms. The first kappa shape index (κ1) is 15.3. The van der Waals surface area contributed by atoms with Crippen molar-refractivity contribution in [2.75, 3.05) is 0 Å². The van der Waals surface area contributed by atoms with Gasteiger partial charge in [-0.1, -0.05) is 38.0 Å². The van der Waals surface area contributed by atoms with E-state index in [1.54, 1.807) is 11.1 Å². The van der Waals surface area contributed by atoms with Gasteiger partial charge < -0.3 is 5.48 Å². The summed E-state index contributed by atoms with van der Waals surface area (Å²) in [6, 6.07) is 0. The van der Waals surface area contributed by atoms with Crippen LogP contribution in [-0.2, 0) is 0 Å². The van der Waals surface area contributed by atoms with E-state index in [1.807, 2.05) is 0 Å². The van der Waals surface area contributed by atoms with Gasteiger partial charge in [0.15, 0.2) is 0 Å². The number of rotatable bonds is 0. The van der Waals surface area contributed by atoms with Gasteiger partial charge in [-0.3, -0.25) is 0 Å². The number of hydrogen-bond acceptors (Lipinski definition) is 0. The molecule has 0 aromatic rings. The van der Waals surface area contributed by atoms with Gasteiger partial charge in [-0.2, -0.15) is 0 Å². The summed E-state index contributed by atoms with van der Waals surface area (Å²) < 4.78 is 0. The van der Waals surface area contributed by atoms with Crippen LogP contribution in [0.5, 0.6) is 0 Å². The lowest BCUT2D eigenvalue weighted by Gasteiger charge is -2.56.